The number of nitrogens with zero attached hydrogens (tertiary/aromatic N) is 2. The topological polar surface area (TPSA) is 77.2 Å². The predicted octanol–water partition coefficient (Wildman–Crippen LogP) is 2.95. The second-order valence-electron chi connectivity index (χ2n) is 5.91. The molecule has 2 aromatic heterocycles. The van der Waals surface area contributed by atoms with Gasteiger partial charge in [0, 0.05) is 23.0 Å². The largest absolute Gasteiger partial charge is 0.381 e. The Morgan fingerprint density at radius 1 is 1.35 bits per heavy atom. The van der Waals surface area contributed by atoms with Crippen LogP contribution in [0.5, 0.6) is 0 Å². The van der Waals surface area contributed by atoms with E-state index in [1.165, 1.54) is 0 Å². The predicted molar refractivity (Wildman–Crippen MR) is 86.6 cm³/mol. The molecule has 1 N–H and O–H groups in total. The molecule has 1 aliphatic rings. The maximum absolute atomic E-state index is 12.7. The molecule has 1 aliphatic heterocycles. The number of rotatable bonds is 4. The summed E-state index contributed by atoms with van der Waals surface area (Å²) in [6, 6.07) is 1.65. The molecule has 6 nitrogen and oxygen atoms in total. The van der Waals surface area contributed by atoms with E-state index in [9.17, 15) is 4.79 Å². The second kappa shape index (κ2) is 6.80. The first kappa shape index (κ1) is 16.1. The molecule has 3 heterocycles. The lowest BCUT2D eigenvalue weighted by Gasteiger charge is -2.28. The Bertz CT molecular complexity index is 689. The highest BCUT2D eigenvalue weighted by atomic mass is 32.1. The van der Waals surface area contributed by atoms with Crippen LogP contribution in [0.15, 0.2) is 10.6 Å². The molecule has 0 bridgehead atoms. The van der Waals surface area contributed by atoms with Gasteiger partial charge in [-0.3, -0.25) is 4.79 Å². The van der Waals surface area contributed by atoms with Gasteiger partial charge >= 0.3 is 0 Å². The fourth-order valence-electron chi connectivity index (χ4n) is 2.95. The molecule has 23 heavy (non-hydrogen) atoms. The fourth-order valence-corrected chi connectivity index (χ4v) is 3.87. The number of aromatic nitrogens is 2. The van der Waals surface area contributed by atoms with Crippen LogP contribution >= 0.6 is 11.3 Å². The Kier molecular flexibility index (Phi) is 4.77. The fraction of sp³-hybridized carbons (Fsp3) is 0.562. The molecule has 0 unspecified atom stereocenters. The summed E-state index contributed by atoms with van der Waals surface area (Å²) < 4.78 is 10.8. The first-order valence-corrected chi connectivity index (χ1v) is 8.62. The molecule has 1 atom stereocenters. The average Bonchev–Trinajstić information content (AvgIpc) is 3.11. The molecule has 0 spiro atoms. The smallest absolute Gasteiger partial charge is 0.253 e. The van der Waals surface area contributed by atoms with Gasteiger partial charge in [0.05, 0.1) is 5.56 Å². The van der Waals surface area contributed by atoms with Crippen molar-refractivity contribution in [2.75, 3.05) is 13.2 Å². The molecule has 3 rings (SSSR count). The third-order valence-corrected chi connectivity index (χ3v) is 5.08. The standard InChI is InChI=1S/C16H21N3O3S/c1-9-8-13(10(2)23-9)15(20)18-14(12-4-6-21-7-5-12)16-17-11(3)19-22-16/h8,12,14H,4-7H2,1-3H3,(H,18,20)/t14-/m0/s1. The van der Waals surface area contributed by atoms with E-state index in [1.807, 2.05) is 19.9 Å². The van der Waals surface area contributed by atoms with Crippen LogP contribution in [0.3, 0.4) is 0 Å². The molecule has 1 amide bonds. The normalized spacial score (nSPS) is 17.2. The van der Waals surface area contributed by atoms with Crippen molar-refractivity contribution >= 4 is 17.2 Å². The van der Waals surface area contributed by atoms with Gasteiger partial charge in [0.25, 0.3) is 5.91 Å². The number of aryl methyl sites for hydroxylation is 3. The van der Waals surface area contributed by atoms with Gasteiger partial charge in [0.15, 0.2) is 5.82 Å². The number of carbonyl (C=O) groups is 1. The lowest BCUT2D eigenvalue weighted by atomic mass is 9.91. The van der Waals surface area contributed by atoms with Crippen LogP contribution in [0, 0.1) is 26.7 Å². The van der Waals surface area contributed by atoms with Gasteiger partial charge in [-0.2, -0.15) is 4.98 Å². The number of thiophene rings is 1. The third-order valence-electron chi connectivity index (χ3n) is 4.12. The van der Waals surface area contributed by atoms with Gasteiger partial charge < -0.3 is 14.6 Å². The molecule has 2 aromatic rings. The summed E-state index contributed by atoms with van der Waals surface area (Å²) in [5, 5.41) is 6.97. The minimum Gasteiger partial charge on any atom is -0.381 e. The van der Waals surface area contributed by atoms with E-state index in [4.69, 9.17) is 9.26 Å². The molecular weight excluding hydrogens is 314 g/mol. The second-order valence-corrected chi connectivity index (χ2v) is 7.37. The van der Waals surface area contributed by atoms with E-state index in [-0.39, 0.29) is 17.9 Å². The summed E-state index contributed by atoms with van der Waals surface area (Å²) in [7, 11) is 0. The Hall–Kier alpha value is -1.73. The third kappa shape index (κ3) is 3.61. The van der Waals surface area contributed by atoms with Crippen LogP contribution in [0.2, 0.25) is 0 Å². The zero-order valence-electron chi connectivity index (χ0n) is 13.6. The Balaban J connectivity index is 1.83. The molecule has 124 valence electrons. The van der Waals surface area contributed by atoms with Crippen molar-refractivity contribution in [1.82, 2.24) is 15.5 Å². The number of hydrogen-bond donors (Lipinski definition) is 1. The van der Waals surface area contributed by atoms with Gasteiger partial charge in [-0.15, -0.1) is 11.3 Å². The van der Waals surface area contributed by atoms with E-state index < -0.39 is 0 Å². The number of nitrogens with one attached hydrogen (secondary N) is 1. The van der Waals surface area contributed by atoms with E-state index in [0.29, 0.717) is 24.9 Å². The first-order chi connectivity index (χ1) is 11.0. The highest BCUT2D eigenvalue weighted by Gasteiger charge is 2.31. The van der Waals surface area contributed by atoms with Crippen molar-refractivity contribution < 1.29 is 14.1 Å². The van der Waals surface area contributed by atoms with Crippen molar-refractivity contribution in [2.45, 2.75) is 39.7 Å². The summed E-state index contributed by atoms with van der Waals surface area (Å²) in [5.74, 6) is 1.22. The summed E-state index contributed by atoms with van der Waals surface area (Å²) in [6.45, 7) is 7.14. The van der Waals surface area contributed by atoms with E-state index >= 15 is 0 Å². The minimum atomic E-state index is -0.271. The van der Waals surface area contributed by atoms with E-state index in [2.05, 4.69) is 15.5 Å². The van der Waals surface area contributed by atoms with Crippen molar-refractivity contribution in [3.63, 3.8) is 0 Å². The maximum atomic E-state index is 12.7. The Labute approximate surface area is 139 Å². The van der Waals surface area contributed by atoms with Crippen LogP contribution < -0.4 is 5.32 Å². The number of amides is 1. The van der Waals surface area contributed by atoms with Gasteiger partial charge in [-0.05, 0) is 45.6 Å². The quantitative estimate of drug-likeness (QED) is 0.929. The van der Waals surface area contributed by atoms with Crippen LogP contribution in [0.25, 0.3) is 0 Å². The number of hydrogen-bond acceptors (Lipinski definition) is 6. The summed E-state index contributed by atoms with van der Waals surface area (Å²) in [6.07, 6.45) is 1.74. The summed E-state index contributed by atoms with van der Waals surface area (Å²) in [5.41, 5.74) is 0.723. The van der Waals surface area contributed by atoms with Crippen LogP contribution in [-0.2, 0) is 4.74 Å². The van der Waals surface area contributed by atoms with E-state index in [0.717, 1.165) is 28.2 Å². The van der Waals surface area contributed by atoms with Gasteiger partial charge in [0.2, 0.25) is 5.89 Å². The van der Waals surface area contributed by atoms with Crippen LogP contribution in [0.4, 0.5) is 0 Å². The number of ether oxygens (including phenoxy) is 1. The summed E-state index contributed by atoms with van der Waals surface area (Å²) >= 11 is 1.63. The van der Waals surface area contributed by atoms with E-state index in [1.54, 1.807) is 18.3 Å². The maximum Gasteiger partial charge on any atom is 0.253 e. The zero-order chi connectivity index (χ0) is 16.4. The molecular formula is C16H21N3O3S. The molecule has 7 heteroatoms. The highest BCUT2D eigenvalue weighted by Crippen LogP contribution is 2.30. The molecule has 0 aliphatic carbocycles. The Morgan fingerprint density at radius 2 is 2.09 bits per heavy atom. The molecule has 0 radical (unpaired) electrons. The SMILES string of the molecule is Cc1noc([C@@H](NC(=O)c2cc(C)sc2C)C2CCOCC2)n1. The van der Waals surface area contributed by atoms with Crippen molar-refractivity contribution in [3.8, 4) is 0 Å². The highest BCUT2D eigenvalue weighted by molar-refractivity contribution is 7.12. The molecule has 0 aromatic carbocycles. The van der Waals surface area contributed by atoms with Gasteiger partial charge in [-0.25, -0.2) is 0 Å². The van der Waals surface area contributed by atoms with Crippen LogP contribution in [0.1, 0.15) is 50.7 Å². The summed E-state index contributed by atoms with van der Waals surface area (Å²) in [4.78, 5) is 19.2. The van der Waals surface area contributed by atoms with Crippen molar-refractivity contribution in [2.24, 2.45) is 5.92 Å². The molecule has 1 saturated heterocycles. The first-order valence-electron chi connectivity index (χ1n) is 7.80. The number of carbonyl (C=O) groups excluding carboxylic acids is 1. The van der Waals surface area contributed by atoms with Crippen molar-refractivity contribution in [3.05, 3.63) is 33.1 Å². The Morgan fingerprint density at radius 3 is 2.65 bits per heavy atom. The lowest BCUT2D eigenvalue weighted by molar-refractivity contribution is 0.0467. The van der Waals surface area contributed by atoms with Crippen molar-refractivity contribution in [1.29, 1.82) is 0 Å². The van der Waals surface area contributed by atoms with Gasteiger partial charge in [0.1, 0.15) is 6.04 Å². The minimum absolute atomic E-state index is 0.0841. The van der Waals surface area contributed by atoms with Gasteiger partial charge in [-0.1, -0.05) is 5.16 Å². The lowest BCUT2D eigenvalue weighted by Crippen LogP contribution is -2.36. The zero-order valence-corrected chi connectivity index (χ0v) is 14.4. The monoisotopic (exact) mass is 335 g/mol. The molecule has 0 saturated carbocycles. The van der Waals surface area contributed by atoms with Crippen LogP contribution in [-0.4, -0.2) is 29.3 Å². The average molecular weight is 335 g/mol. The molecule has 1 fully saturated rings.